The minimum atomic E-state index is -2.04. The summed E-state index contributed by atoms with van der Waals surface area (Å²) in [4.78, 5) is 33.0. The number of amides is 1. The highest BCUT2D eigenvalue weighted by Gasteiger charge is 2.56. The van der Waals surface area contributed by atoms with Gasteiger partial charge in [-0.1, -0.05) is 18.2 Å². The number of anilines is 1. The molecule has 0 saturated carbocycles. The van der Waals surface area contributed by atoms with E-state index in [4.69, 9.17) is 14.2 Å². The highest BCUT2D eigenvalue weighted by molar-refractivity contribution is 5.87. The molecular formula is C38H51F2N3O5. The van der Waals surface area contributed by atoms with E-state index in [9.17, 15) is 14.0 Å². The Hall–Kier alpha value is -3.08. The maximum absolute atomic E-state index is 17.4. The maximum Gasteiger partial charge on any atom is 0.262 e. The average Bonchev–Trinajstić information content (AvgIpc) is 3.50. The quantitative estimate of drug-likeness (QED) is 0.283. The van der Waals surface area contributed by atoms with Gasteiger partial charge in [0.05, 0.1) is 7.11 Å². The van der Waals surface area contributed by atoms with Gasteiger partial charge >= 0.3 is 0 Å². The number of ketones is 1. The van der Waals surface area contributed by atoms with Crippen LogP contribution in [0.2, 0.25) is 0 Å². The van der Waals surface area contributed by atoms with Crippen LogP contribution in [0.4, 0.5) is 14.5 Å². The van der Waals surface area contributed by atoms with E-state index in [0.29, 0.717) is 83.3 Å². The number of hydrogen-bond donors (Lipinski definition) is 0. The summed E-state index contributed by atoms with van der Waals surface area (Å²) in [5, 5.41) is 0. The first-order chi connectivity index (χ1) is 23.3. The van der Waals surface area contributed by atoms with Crippen molar-refractivity contribution in [2.45, 2.75) is 74.9 Å². The second-order valence-corrected chi connectivity index (χ2v) is 14.1. The number of likely N-dealkylation sites (tertiary alicyclic amines) is 2. The molecule has 4 heterocycles. The Bertz CT molecular complexity index is 1390. The molecule has 2 aromatic carbocycles. The Labute approximate surface area is 283 Å². The van der Waals surface area contributed by atoms with E-state index in [0.717, 1.165) is 48.9 Å². The van der Waals surface area contributed by atoms with Gasteiger partial charge in [0.15, 0.2) is 0 Å². The SMILES string of the molecule is COCCCC(=O)C1CCN(c2cc(F)ccc2C2CCN(C(=O)[C@]3(F)CN(C4CCOCC4)C[C@H]3c3ccc(OC)cc3)CC2)CC1. The van der Waals surface area contributed by atoms with E-state index in [1.165, 1.54) is 6.07 Å². The number of rotatable bonds is 11. The zero-order valence-corrected chi connectivity index (χ0v) is 28.5. The summed E-state index contributed by atoms with van der Waals surface area (Å²) >= 11 is 0. The van der Waals surface area contributed by atoms with Crippen LogP contribution in [0.3, 0.4) is 0 Å². The number of piperidine rings is 2. The molecule has 48 heavy (non-hydrogen) atoms. The molecule has 262 valence electrons. The molecular weight excluding hydrogens is 616 g/mol. The van der Waals surface area contributed by atoms with E-state index in [2.05, 4.69) is 9.80 Å². The lowest BCUT2D eigenvalue weighted by Crippen LogP contribution is -2.53. The molecule has 0 bridgehead atoms. The van der Waals surface area contributed by atoms with Crippen LogP contribution in [-0.4, -0.2) is 107 Å². The Balaban J connectivity index is 1.13. The lowest BCUT2D eigenvalue weighted by molar-refractivity contribution is -0.145. The van der Waals surface area contributed by atoms with E-state index < -0.39 is 17.5 Å². The van der Waals surface area contributed by atoms with Crippen LogP contribution in [0.15, 0.2) is 42.5 Å². The van der Waals surface area contributed by atoms with Crippen molar-refractivity contribution < 1.29 is 32.6 Å². The predicted octanol–water partition coefficient (Wildman–Crippen LogP) is 5.74. The normalized spacial score (nSPS) is 25.0. The molecule has 0 spiro atoms. The lowest BCUT2D eigenvalue weighted by atomic mass is 9.83. The van der Waals surface area contributed by atoms with Crippen LogP contribution in [0.5, 0.6) is 5.75 Å². The third-order valence-electron chi connectivity index (χ3n) is 11.3. The molecule has 2 aromatic rings. The van der Waals surface area contributed by atoms with E-state index >= 15 is 4.39 Å². The number of halogens is 2. The fourth-order valence-corrected chi connectivity index (χ4v) is 8.43. The molecule has 0 aromatic heterocycles. The van der Waals surface area contributed by atoms with Gasteiger partial charge in [-0.25, -0.2) is 8.78 Å². The van der Waals surface area contributed by atoms with Crippen LogP contribution >= 0.6 is 0 Å². The van der Waals surface area contributed by atoms with Gasteiger partial charge in [0.2, 0.25) is 5.67 Å². The van der Waals surface area contributed by atoms with Crippen molar-refractivity contribution in [1.82, 2.24) is 9.80 Å². The minimum absolute atomic E-state index is 0.0390. The van der Waals surface area contributed by atoms with Crippen molar-refractivity contribution in [3.05, 3.63) is 59.4 Å². The first-order valence-electron chi connectivity index (χ1n) is 17.8. The van der Waals surface area contributed by atoms with Crippen molar-refractivity contribution in [2.75, 3.05) is 78.2 Å². The zero-order chi connectivity index (χ0) is 33.7. The number of ether oxygens (including phenoxy) is 3. The van der Waals surface area contributed by atoms with Crippen LogP contribution in [0.1, 0.15) is 74.3 Å². The molecule has 6 rings (SSSR count). The second-order valence-electron chi connectivity index (χ2n) is 14.1. The molecule has 4 fully saturated rings. The molecule has 4 aliphatic heterocycles. The van der Waals surface area contributed by atoms with Gasteiger partial charge < -0.3 is 24.0 Å². The van der Waals surface area contributed by atoms with Crippen molar-refractivity contribution in [3.63, 3.8) is 0 Å². The Morgan fingerprint density at radius 3 is 2.31 bits per heavy atom. The molecule has 2 atom stereocenters. The summed E-state index contributed by atoms with van der Waals surface area (Å²) in [6.07, 6.45) is 5.85. The fourth-order valence-electron chi connectivity index (χ4n) is 8.43. The highest BCUT2D eigenvalue weighted by atomic mass is 19.1. The van der Waals surface area contributed by atoms with Gasteiger partial charge in [-0.2, -0.15) is 0 Å². The molecule has 0 aliphatic carbocycles. The van der Waals surface area contributed by atoms with E-state index in [1.54, 1.807) is 25.2 Å². The molecule has 0 radical (unpaired) electrons. The number of carbonyl (C=O) groups is 2. The van der Waals surface area contributed by atoms with Crippen LogP contribution in [-0.2, 0) is 19.1 Å². The molecule has 10 heteroatoms. The average molecular weight is 668 g/mol. The number of nitrogens with zero attached hydrogens (tertiary/aromatic N) is 3. The molecule has 4 aliphatic rings. The number of Topliss-reactive ketones (excluding diaryl/α,β-unsaturated/α-hetero) is 1. The molecule has 8 nitrogen and oxygen atoms in total. The smallest absolute Gasteiger partial charge is 0.262 e. The number of hydrogen-bond acceptors (Lipinski definition) is 7. The van der Waals surface area contributed by atoms with Crippen molar-refractivity contribution >= 4 is 17.4 Å². The largest absolute Gasteiger partial charge is 0.497 e. The number of alkyl halides is 1. The van der Waals surface area contributed by atoms with Gasteiger partial charge in [0.1, 0.15) is 17.3 Å². The second kappa shape index (κ2) is 15.6. The van der Waals surface area contributed by atoms with E-state index in [1.807, 2.05) is 30.3 Å². The van der Waals surface area contributed by atoms with Crippen molar-refractivity contribution in [2.24, 2.45) is 5.92 Å². The topological polar surface area (TPSA) is 71.6 Å². The zero-order valence-electron chi connectivity index (χ0n) is 28.5. The van der Waals surface area contributed by atoms with Crippen molar-refractivity contribution in [3.8, 4) is 5.75 Å². The minimum Gasteiger partial charge on any atom is -0.497 e. The Morgan fingerprint density at radius 1 is 0.938 bits per heavy atom. The predicted molar refractivity (Wildman–Crippen MR) is 181 cm³/mol. The summed E-state index contributed by atoms with van der Waals surface area (Å²) in [6, 6.07) is 12.7. The fraction of sp³-hybridized carbons (Fsp3) is 0.632. The van der Waals surface area contributed by atoms with Gasteiger partial charge in [-0.3, -0.25) is 14.5 Å². The molecule has 0 unspecified atom stereocenters. The Kier molecular flexibility index (Phi) is 11.3. The molecule has 0 N–H and O–H groups in total. The summed E-state index contributed by atoms with van der Waals surface area (Å²) in [6.45, 7) is 4.80. The van der Waals surface area contributed by atoms with Gasteiger partial charge in [-0.15, -0.1) is 0 Å². The highest BCUT2D eigenvalue weighted by Crippen LogP contribution is 2.44. The Morgan fingerprint density at radius 2 is 1.65 bits per heavy atom. The van der Waals surface area contributed by atoms with E-state index in [-0.39, 0.29) is 30.2 Å². The lowest BCUT2D eigenvalue weighted by Gasteiger charge is -2.39. The summed E-state index contributed by atoms with van der Waals surface area (Å²) in [7, 11) is 3.26. The monoisotopic (exact) mass is 667 g/mol. The number of benzene rings is 2. The first kappa shape index (κ1) is 34.8. The number of carbonyl (C=O) groups excluding carboxylic acids is 2. The van der Waals surface area contributed by atoms with Crippen LogP contribution < -0.4 is 9.64 Å². The van der Waals surface area contributed by atoms with Gasteiger partial charge in [0.25, 0.3) is 5.91 Å². The van der Waals surface area contributed by atoms with Gasteiger partial charge in [0, 0.05) is 96.2 Å². The summed E-state index contributed by atoms with van der Waals surface area (Å²) in [5.41, 5.74) is 0.736. The maximum atomic E-state index is 17.4. The number of methoxy groups -OCH3 is 2. The first-order valence-corrected chi connectivity index (χ1v) is 17.8. The molecule has 1 amide bonds. The summed E-state index contributed by atoms with van der Waals surface area (Å²) in [5.74, 6) is -0.111. The van der Waals surface area contributed by atoms with Gasteiger partial charge in [-0.05, 0) is 86.3 Å². The standard InChI is InChI=1S/C38H51F2N3O5/c1-46-21-3-4-36(44)29-13-17-41(18-14-29)35-24-30(39)7-10-33(35)27-11-19-42(20-12-27)37(45)38(40)26-43(31-15-22-48-23-16-31)25-34(38)28-5-8-32(47-2)9-6-28/h5-10,24,27,29,31,34H,3-4,11-23,25-26H2,1-2H3/t34-,38-/m0/s1. The van der Waals surface area contributed by atoms with Crippen LogP contribution in [0, 0.1) is 11.7 Å². The summed E-state index contributed by atoms with van der Waals surface area (Å²) < 4.78 is 48.0. The third kappa shape index (κ3) is 7.55. The third-order valence-corrected chi connectivity index (χ3v) is 11.3. The van der Waals surface area contributed by atoms with Crippen molar-refractivity contribution in [1.29, 1.82) is 0 Å². The van der Waals surface area contributed by atoms with Crippen LogP contribution in [0.25, 0.3) is 0 Å². The molecule has 4 saturated heterocycles.